The standard InChI is InChI=1S/C15H25N3O2S/c1-12(2)17-10-13-6-5-9-18(11-13)15-14(21(3,19)20)7-4-8-16-15/h4,7-8,12-13,17H,5-6,9-11H2,1-3H3. The zero-order chi connectivity index (χ0) is 15.5. The monoisotopic (exact) mass is 311 g/mol. The van der Waals surface area contributed by atoms with Gasteiger partial charge in [0.15, 0.2) is 9.84 Å². The van der Waals surface area contributed by atoms with E-state index in [1.807, 2.05) is 0 Å². The molecule has 1 aromatic heterocycles. The molecule has 2 rings (SSSR count). The molecule has 0 aromatic carbocycles. The Hall–Kier alpha value is -1.14. The minimum atomic E-state index is -3.25. The molecular formula is C15H25N3O2S. The van der Waals surface area contributed by atoms with E-state index in [9.17, 15) is 8.42 Å². The predicted octanol–water partition coefficient (Wildman–Crippen LogP) is 1.70. The number of hydrogen-bond donors (Lipinski definition) is 1. The second-order valence-corrected chi connectivity index (χ2v) is 8.10. The first-order chi connectivity index (χ1) is 9.88. The largest absolute Gasteiger partial charge is 0.355 e. The number of pyridine rings is 1. The average Bonchev–Trinajstić information content (AvgIpc) is 2.44. The van der Waals surface area contributed by atoms with Crippen molar-refractivity contribution in [1.82, 2.24) is 10.3 Å². The molecule has 1 aliphatic heterocycles. The van der Waals surface area contributed by atoms with E-state index in [0.717, 1.165) is 26.1 Å². The van der Waals surface area contributed by atoms with Crippen molar-refractivity contribution in [3.8, 4) is 0 Å². The Kier molecular flexibility index (Phi) is 5.22. The molecule has 0 spiro atoms. The zero-order valence-electron chi connectivity index (χ0n) is 13.0. The SMILES string of the molecule is CC(C)NCC1CCCN(c2ncccc2S(C)(=O)=O)C1. The number of aromatic nitrogens is 1. The number of piperidine rings is 1. The van der Waals surface area contributed by atoms with E-state index >= 15 is 0 Å². The summed E-state index contributed by atoms with van der Waals surface area (Å²) < 4.78 is 23.8. The van der Waals surface area contributed by atoms with Gasteiger partial charge in [0.05, 0.1) is 0 Å². The lowest BCUT2D eigenvalue weighted by Crippen LogP contribution is -2.41. The van der Waals surface area contributed by atoms with Crippen LogP contribution >= 0.6 is 0 Å². The van der Waals surface area contributed by atoms with Crippen LogP contribution in [0.4, 0.5) is 5.82 Å². The van der Waals surface area contributed by atoms with Crippen molar-refractivity contribution in [2.45, 2.75) is 37.6 Å². The van der Waals surface area contributed by atoms with Crippen LogP contribution in [0.15, 0.2) is 23.2 Å². The van der Waals surface area contributed by atoms with Gasteiger partial charge in [-0.05, 0) is 37.4 Å². The maximum Gasteiger partial charge on any atom is 0.179 e. The molecule has 1 atom stereocenters. The molecule has 6 heteroatoms. The van der Waals surface area contributed by atoms with Crippen molar-refractivity contribution in [3.63, 3.8) is 0 Å². The Morgan fingerprint density at radius 2 is 2.24 bits per heavy atom. The molecule has 21 heavy (non-hydrogen) atoms. The van der Waals surface area contributed by atoms with Gasteiger partial charge in [-0.15, -0.1) is 0 Å². The fraction of sp³-hybridized carbons (Fsp3) is 0.667. The summed E-state index contributed by atoms with van der Waals surface area (Å²) >= 11 is 0. The van der Waals surface area contributed by atoms with Crippen molar-refractivity contribution in [2.75, 3.05) is 30.8 Å². The predicted molar refractivity (Wildman–Crippen MR) is 85.4 cm³/mol. The molecule has 0 saturated carbocycles. The minimum absolute atomic E-state index is 0.336. The molecule has 0 aliphatic carbocycles. The molecule has 0 amide bonds. The lowest BCUT2D eigenvalue weighted by atomic mass is 9.97. The fourth-order valence-corrected chi connectivity index (χ4v) is 3.57. The quantitative estimate of drug-likeness (QED) is 0.897. The third-order valence-corrected chi connectivity index (χ3v) is 4.90. The van der Waals surface area contributed by atoms with Crippen LogP contribution in [0, 0.1) is 5.92 Å². The van der Waals surface area contributed by atoms with Crippen molar-refractivity contribution >= 4 is 15.7 Å². The highest BCUT2D eigenvalue weighted by Gasteiger charge is 2.25. The van der Waals surface area contributed by atoms with Crippen LogP contribution in [0.5, 0.6) is 0 Å². The average molecular weight is 311 g/mol. The summed E-state index contributed by atoms with van der Waals surface area (Å²) in [7, 11) is -3.25. The Morgan fingerprint density at radius 3 is 2.90 bits per heavy atom. The summed E-state index contributed by atoms with van der Waals surface area (Å²) in [6.45, 7) is 6.98. The molecule has 0 bridgehead atoms. The molecule has 1 aromatic rings. The Balaban J connectivity index is 2.15. The Morgan fingerprint density at radius 1 is 1.48 bits per heavy atom. The molecule has 0 radical (unpaired) electrons. The molecule has 1 unspecified atom stereocenters. The highest BCUT2D eigenvalue weighted by molar-refractivity contribution is 7.90. The molecule has 2 heterocycles. The first kappa shape index (κ1) is 16.2. The molecule has 1 saturated heterocycles. The van der Waals surface area contributed by atoms with Crippen molar-refractivity contribution in [1.29, 1.82) is 0 Å². The van der Waals surface area contributed by atoms with Crippen LogP contribution in [0.2, 0.25) is 0 Å². The second kappa shape index (κ2) is 6.75. The summed E-state index contributed by atoms with van der Waals surface area (Å²) in [6.07, 6.45) is 5.16. The molecule has 118 valence electrons. The fourth-order valence-electron chi connectivity index (χ4n) is 2.74. The van der Waals surface area contributed by atoms with E-state index in [1.54, 1.807) is 18.3 Å². The van der Waals surface area contributed by atoms with Gasteiger partial charge in [-0.3, -0.25) is 0 Å². The summed E-state index contributed by atoms with van der Waals surface area (Å²) in [6, 6.07) is 3.80. The van der Waals surface area contributed by atoms with Crippen LogP contribution in [0.3, 0.4) is 0 Å². The second-order valence-electron chi connectivity index (χ2n) is 6.11. The first-order valence-electron chi connectivity index (χ1n) is 7.51. The third-order valence-electron chi connectivity index (χ3n) is 3.78. The van der Waals surface area contributed by atoms with E-state index in [1.165, 1.54) is 12.7 Å². The third kappa shape index (κ3) is 4.41. The van der Waals surface area contributed by atoms with E-state index in [-0.39, 0.29) is 0 Å². The summed E-state index contributed by atoms with van der Waals surface area (Å²) in [5, 5.41) is 3.47. The first-order valence-corrected chi connectivity index (χ1v) is 9.40. The number of nitrogens with zero attached hydrogens (tertiary/aromatic N) is 2. The number of sulfone groups is 1. The van der Waals surface area contributed by atoms with Crippen LogP contribution < -0.4 is 10.2 Å². The molecule has 5 nitrogen and oxygen atoms in total. The van der Waals surface area contributed by atoms with Crippen LogP contribution in [-0.2, 0) is 9.84 Å². The molecule has 1 fully saturated rings. The topological polar surface area (TPSA) is 62.3 Å². The van der Waals surface area contributed by atoms with Crippen molar-refractivity contribution in [3.05, 3.63) is 18.3 Å². The maximum atomic E-state index is 11.9. The van der Waals surface area contributed by atoms with Gasteiger partial charge in [-0.25, -0.2) is 13.4 Å². The van der Waals surface area contributed by atoms with Crippen LogP contribution in [0.1, 0.15) is 26.7 Å². The zero-order valence-corrected chi connectivity index (χ0v) is 13.9. The number of rotatable bonds is 5. The van der Waals surface area contributed by atoms with Gasteiger partial charge in [0.25, 0.3) is 0 Å². The molecule has 1 aliphatic rings. The Labute approximate surface area is 127 Å². The van der Waals surface area contributed by atoms with E-state index in [4.69, 9.17) is 0 Å². The van der Waals surface area contributed by atoms with Gasteiger partial charge in [0.2, 0.25) is 0 Å². The van der Waals surface area contributed by atoms with Gasteiger partial charge >= 0.3 is 0 Å². The highest BCUT2D eigenvalue weighted by Crippen LogP contribution is 2.27. The molecular weight excluding hydrogens is 286 g/mol. The molecule has 1 N–H and O–H groups in total. The Bertz CT molecular complexity index is 572. The normalized spacial score (nSPS) is 20.0. The van der Waals surface area contributed by atoms with Gasteiger partial charge < -0.3 is 10.2 Å². The van der Waals surface area contributed by atoms with Gasteiger partial charge in [-0.1, -0.05) is 13.8 Å². The summed E-state index contributed by atoms with van der Waals surface area (Å²) in [5.41, 5.74) is 0. The van der Waals surface area contributed by atoms with Gasteiger partial charge in [0, 0.05) is 31.6 Å². The summed E-state index contributed by atoms with van der Waals surface area (Å²) in [5.74, 6) is 1.14. The minimum Gasteiger partial charge on any atom is -0.355 e. The van der Waals surface area contributed by atoms with Crippen LogP contribution in [0.25, 0.3) is 0 Å². The van der Waals surface area contributed by atoms with E-state index in [0.29, 0.717) is 22.7 Å². The number of hydrogen-bond acceptors (Lipinski definition) is 5. The van der Waals surface area contributed by atoms with Gasteiger partial charge in [-0.2, -0.15) is 0 Å². The highest BCUT2D eigenvalue weighted by atomic mass is 32.2. The van der Waals surface area contributed by atoms with E-state index < -0.39 is 9.84 Å². The van der Waals surface area contributed by atoms with Gasteiger partial charge in [0.1, 0.15) is 10.7 Å². The van der Waals surface area contributed by atoms with Crippen molar-refractivity contribution in [2.24, 2.45) is 5.92 Å². The lowest BCUT2D eigenvalue weighted by Gasteiger charge is -2.34. The number of anilines is 1. The summed E-state index contributed by atoms with van der Waals surface area (Å²) in [4.78, 5) is 6.78. The smallest absolute Gasteiger partial charge is 0.179 e. The maximum absolute atomic E-state index is 11.9. The lowest BCUT2D eigenvalue weighted by molar-refractivity contribution is 0.377. The number of nitrogens with one attached hydrogen (secondary N) is 1. The van der Waals surface area contributed by atoms with Crippen LogP contribution in [-0.4, -0.2) is 45.3 Å². The van der Waals surface area contributed by atoms with E-state index in [2.05, 4.69) is 29.0 Å². The van der Waals surface area contributed by atoms with Crippen molar-refractivity contribution < 1.29 is 8.42 Å².